The second-order valence-electron chi connectivity index (χ2n) is 6.97. The van der Waals surface area contributed by atoms with Gasteiger partial charge in [0.05, 0.1) is 10.7 Å². The Morgan fingerprint density at radius 1 is 1.16 bits per heavy atom. The second-order valence-corrected chi connectivity index (χ2v) is 8.68. The molecule has 1 N–H and O–H groups in total. The molecule has 1 heterocycles. The normalized spacial score (nSPS) is 17.2. The van der Waals surface area contributed by atoms with Crippen LogP contribution < -0.4 is 10.2 Å². The van der Waals surface area contributed by atoms with Crippen LogP contribution in [0.15, 0.2) is 41.5 Å². The van der Waals surface area contributed by atoms with E-state index in [9.17, 15) is 8.42 Å². The molecule has 2 rings (SSSR count). The van der Waals surface area contributed by atoms with Crippen LogP contribution in [0.1, 0.15) is 53.4 Å². The van der Waals surface area contributed by atoms with Gasteiger partial charge in [0.15, 0.2) is 0 Å². The quantitative estimate of drug-likeness (QED) is 0.720. The molecular formula is C18H28BNO4S. The molecule has 1 saturated heterocycles. The van der Waals surface area contributed by atoms with Gasteiger partial charge in [-0.3, -0.25) is 0 Å². The standard InChI is InChI=1S/C18H28BNO4S/c1-6-8-16(9-7-2)20-25(21,22)17-12-10-15(11-13-17)19-23-14(3)18(4,5)24-19/h10-13,16,20H,3,6-9H2,1-2,4-5H3. The molecule has 0 amide bonds. The molecule has 0 spiro atoms. The highest BCUT2D eigenvalue weighted by atomic mass is 32.2. The minimum absolute atomic E-state index is 0.0229. The maximum atomic E-state index is 12.6. The molecule has 1 aromatic carbocycles. The Morgan fingerprint density at radius 3 is 2.16 bits per heavy atom. The zero-order valence-corrected chi connectivity index (χ0v) is 16.4. The van der Waals surface area contributed by atoms with Crippen LogP contribution in [0.4, 0.5) is 0 Å². The van der Waals surface area contributed by atoms with Crippen LogP contribution in [0.2, 0.25) is 0 Å². The summed E-state index contributed by atoms with van der Waals surface area (Å²) >= 11 is 0. The third-order valence-electron chi connectivity index (χ3n) is 4.38. The first-order valence-electron chi connectivity index (χ1n) is 8.85. The summed E-state index contributed by atoms with van der Waals surface area (Å²) < 4.78 is 39.4. The highest BCUT2D eigenvalue weighted by molar-refractivity contribution is 7.89. The third kappa shape index (κ3) is 4.87. The lowest BCUT2D eigenvalue weighted by Gasteiger charge is -2.17. The molecule has 0 radical (unpaired) electrons. The van der Waals surface area contributed by atoms with Crippen molar-refractivity contribution in [2.45, 2.75) is 69.9 Å². The van der Waals surface area contributed by atoms with Gasteiger partial charge < -0.3 is 9.31 Å². The summed E-state index contributed by atoms with van der Waals surface area (Å²) in [5.74, 6) is 0.567. The van der Waals surface area contributed by atoms with Crippen molar-refractivity contribution in [2.75, 3.05) is 0 Å². The molecule has 1 fully saturated rings. The molecule has 1 aromatic rings. The Balaban J connectivity index is 2.12. The van der Waals surface area contributed by atoms with E-state index in [1.165, 1.54) is 0 Å². The zero-order chi connectivity index (χ0) is 18.7. The maximum Gasteiger partial charge on any atom is 0.563 e. The summed E-state index contributed by atoms with van der Waals surface area (Å²) in [6, 6.07) is 6.61. The number of hydrogen-bond donors (Lipinski definition) is 1. The topological polar surface area (TPSA) is 64.6 Å². The van der Waals surface area contributed by atoms with Crippen molar-refractivity contribution in [1.29, 1.82) is 0 Å². The molecule has 5 nitrogen and oxygen atoms in total. The van der Waals surface area contributed by atoms with Crippen LogP contribution in [0, 0.1) is 0 Å². The second kappa shape index (κ2) is 7.93. The van der Waals surface area contributed by atoms with Gasteiger partial charge in [0.1, 0.15) is 5.60 Å². The third-order valence-corrected chi connectivity index (χ3v) is 5.92. The lowest BCUT2D eigenvalue weighted by Crippen LogP contribution is -2.36. The van der Waals surface area contributed by atoms with Gasteiger partial charge in [0.2, 0.25) is 10.0 Å². The minimum Gasteiger partial charge on any atom is -0.534 e. The molecule has 0 saturated carbocycles. The number of nitrogens with one attached hydrogen (secondary N) is 1. The lowest BCUT2D eigenvalue weighted by atomic mass is 9.79. The molecule has 0 atom stereocenters. The van der Waals surface area contributed by atoms with Gasteiger partial charge in [0, 0.05) is 6.04 Å². The predicted octanol–water partition coefficient (Wildman–Crippen LogP) is 2.97. The van der Waals surface area contributed by atoms with Crippen LogP contribution in [0.5, 0.6) is 0 Å². The first-order chi connectivity index (χ1) is 11.7. The molecule has 0 aliphatic carbocycles. The monoisotopic (exact) mass is 365 g/mol. The average Bonchev–Trinajstić information content (AvgIpc) is 2.81. The number of benzene rings is 1. The molecule has 138 valence electrons. The molecule has 1 aliphatic rings. The molecule has 25 heavy (non-hydrogen) atoms. The van der Waals surface area contributed by atoms with Gasteiger partial charge in [-0.25, -0.2) is 13.1 Å². The van der Waals surface area contributed by atoms with E-state index in [0.29, 0.717) is 5.76 Å². The van der Waals surface area contributed by atoms with E-state index in [2.05, 4.69) is 25.1 Å². The van der Waals surface area contributed by atoms with Crippen molar-refractivity contribution in [2.24, 2.45) is 0 Å². The smallest absolute Gasteiger partial charge is 0.534 e. The SMILES string of the molecule is C=C1OB(c2ccc(S(=O)(=O)NC(CCC)CCC)cc2)OC1(C)C. The summed E-state index contributed by atoms with van der Waals surface area (Å²) in [7, 11) is -4.08. The molecule has 0 aromatic heterocycles. The van der Waals surface area contributed by atoms with Gasteiger partial charge in [-0.15, -0.1) is 0 Å². The van der Waals surface area contributed by atoms with Crippen LogP contribution in [0.25, 0.3) is 0 Å². The number of sulfonamides is 1. The van der Waals surface area contributed by atoms with Crippen molar-refractivity contribution in [1.82, 2.24) is 4.72 Å². The van der Waals surface area contributed by atoms with E-state index in [0.717, 1.165) is 31.1 Å². The van der Waals surface area contributed by atoms with E-state index in [4.69, 9.17) is 9.31 Å². The fourth-order valence-corrected chi connectivity index (χ4v) is 4.12. The minimum atomic E-state index is -3.53. The van der Waals surface area contributed by atoms with Gasteiger partial charge in [0.25, 0.3) is 0 Å². The van der Waals surface area contributed by atoms with Gasteiger partial charge in [-0.05, 0) is 44.3 Å². The van der Waals surface area contributed by atoms with Crippen molar-refractivity contribution in [3.63, 3.8) is 0 Å². The largest absolute Gasteiger partial charge is 0.563 e. The summed E-state index contributed by atoms with van der Waals surface area (Å²) in [5, 5.41) is 0. The van der Waals surface area contributed by atoms with Crippen LogP contribution in [0.3, 0.4) is 0 Å². The molecular weight excluding hydrogens is 337 g/mol. The summed E-state index contributed by atoms with van der Waals surface area (Å²) in [6.07, 6.45) is 3.57. The Hall–Kier alpha value is -1.31. The fraction of sp³-hybridized carbons (Fsp3) is 0.556. The predicted molar refractivity (Wildman–Crippen MR) is 101 cm³/mol. The van der Waals surface area contributed by atoms with Gasteiger partial charge in [-0.1, -0.05) is 45.4 Å². The van der Waals surface area contributed by atoms with Crippen LogP contribution in [-0.2, 0) is 19.3 Å². The summed E-state index contributed by atoms with van der Waals surface area (Å²) in [6.45, 7) is 11.7. The average molecular weight is 365 g/mol. The van der Waals surface area contributed by atoms with Crippen molar-refractivity contribution >= 4 is 22.6 Å². The summed E-state index contributed by atoms with van der Waals surface area (Å²) in [4.78, 5) is 0.254. The van der Waals surface area contributed by atoms with E-state index in [1.807, 2.05) is 13.8 Å². The van der Waals surface area contributed by atoms with Crippen LogP contribution >= 0.6 is 0 Å². The maximum absolute atomic E-state index is 12.6. The van der Waals surface area contributed by atoms with Gasteiger partial charge in [-0.2, -0.15) is 0 Å². The number of rotatable bonds is 8. The van der Waals surface area contributed by atoms with Crippen molar-refractivity contribution in [3.05, 3.63) is 36.6 Å². The Bertz CT molecular complexity index is 694. The highest BCUT2D eigenvalue weighted by Gasteiger charge is 2.42. The van der Waals surface area contributed by atoms with E-state index in [-0.39, 0.29) is 10.9 Å². The Labute approximate surface area is 152 Å². The van der Waals surface area contributed by atoms with Crippen LogP contribution in [-0.4, -0.2) is 27.2 Å². The van der Waals surface area contributed by atoms with E-state index in [1.54, 1.807) is 24.3 Å². The highest BCUT2D eigenvalue weighted by Crippen LogP contribution is 2.29. The summed E-state index contributed by atoms with van der Waals surface area (Å²) in [5.41, 5.74) is 0.217. The molecule has 7 heteroatoms. The Morgan fingerprint density at radius 2 is 1.72 bits per heavy atom. The van der Waals surface area contributed by atoms with Gasteiger partial charge >= 0.3 is 7.12 Å². The van der Waals surface area contributed by atoms with E-state index < -0.39 is 22.7 Å². The van der Waals surface area contributed by atoms with Crippen molar-refractivity contribution < 1.29 is 17.7 Å². The molecule has 1 aliphatic heterocycles. The van der Waals surface area contributed by atoms with E-state index >= 15 is 0 Å². The first-order valence-corrected chi connectivity index (χ1v) is 10.3. The Kier molecular flexibility index (Phi) is 6.35. The molecule has 0 bridgehead atoms. The number of hydrogen-bond acceptors (Lipinski definition) is 4. The first kappa shape index (κ1) is 20.0. The zero-order valence-electron chi connectivity index (χ0n) is 15.5. The lowest BCUT2D eigenvalue weighted by molar-refractivity contribution is 0.173. The fourth-order valence-electron chi connectivity index (χ4n) is 2.82. The van der Waals surface area contributed by atoms with Crippen molar-refractivity contribution in [3.8, 4) is 0 Å². The molecule has 0 unspecified atom stereocenters.